The Morgan fingerprint density at radius 2 is 2.15 bits per heavy atom. The Labute approximate surface area is 114 Å². The largest absolute Gasteiger partial charge is 0.478 e. The van der Waals surface area contributed by atoms with Gasteiger partial charge in [-0.3, -0.25) is 14.9 Å². The number of anilines is 1. The van der Waals surface area contributed by atoms with Gasteiger partial charge in [0.05, 0.1) is 11.5 Å². The van der Waals surface area contributed by atoms with Crippen molar-refractivity contribution in [3.63, 3.8) is 0 Å². The fraction of sp³-hybridized carbons (Fsp3) is 0.231. The van der Waals surface area contributed by atoms with Gasteiger partial charge in [0.1, 0.15) is 0 Å². The maximum atomic E-state index is 11.9. The molecule has 0 aromatic heterocycles. The Hall–Kier alpha value is -2.70. The fourth-order valence-corrected chi connectivity index (χ4v) is 2.09. The van der Waals surface area contributed by atoms with Gasteiger partial charge in [0.2, 0.25) is 5.91 Å². The molecule has 0 aliphatic carbocycles. The molecule has 7 nitrogen and oxygen atoms in total. The highest BCUT2D eigenvalue weighted by Crippen LogP contribution is 2.31. The first kappa shape index (κ1) is 13.7. The van der Waals surface area contributed by atoms with E-state index in [1.807, 2.05) is 0 Å². The van der Waals surface area contributed by atoms with E-state index in [9.17, 15) is 19.7 Å². The summed E-state index contributed by atoms with van der Waals surface area (Å²) in [7, 11) is 0. The maximum Gasteiger partial charge on any atom is 0.332 e. The summed E-state index contributed by atoms with van der Waals surface area (Å²) in [6.45, 7) is 3.27. The highest BCUT2D eigenvalue weighted by Gasteiger charge is 2.27. The summed E-state index contributed by atoms with van der Waals surface area (Å²) < 4.78 is 0. The third kappa shape index (κ3) is 2.51. The fourth-order valence-electron chi connectivity index (χ4n) is 2.09. The standard InChI is InChI=1S/C13H12N2O5/c1-8(13(17)18)7-14-11-4-3-10(15(19)20)6-9(11)2-5-12(14)16/h3-4,6H,1-2,5,7H2,(H,17,18). The van der Waals surface area contributed by atoms with Crippen LogP contribution in [0.5, 0.6) is 0 Å². The predicted octanol–water partition coefficient (Wildman–Crippen LogP) is 1.51. The number of benzene rings is 1. The third-order valence-electron chi connectivity index (χ3n) is 3.13. The van der Waals surface area contributed by atoms with Gasteiger partial charge in [-0.15, -0.1) is 0 Å². The summed E-state index contributed by atoms with van der Waals surface area (Å²) in [5.41, 5.74) is 1.02. The Kier molecular flexibility index (Phi) is 3.51. The van der Waals surface area contributed by atoms with Crippen LogP contribution in [0, 0.1) is 10.1 Å². The van der Waals surface area contributed by atoms with Gasteiger partial charge < -0.3 is 10.0 Å². The van der Waals surface area contributed by atoms with Crippen molar-refractivity contribution in [1.29, 1.82) is 0 Å². The number of carbonyl (C=O) groups is 2. The smallest absolute Gasteiger partial charge is 0.332 e. The molecule has 2 rings (SSSR count). The molecule has 1 aliphatic heterocycles. The lowest BCUT2D eigenvalue weighted by Gasteiger charge is -2.29. The van der Waals surface area contributed by atoms with Crippen LogP contribution in [-0.4, -0.2) is 28.5 Å². The van der Waals surface area contributed by atoms with Crippen LogP contribution in [0.3, 0.4) is 0 Å². The molecule has 1 heterocycles. The van der Waals surface area contributed by atoms with Crippen LogP contribution in [0.15, 0.2) is 30.4 Å². The Balaban J connectivity index is 2.36. The molecule has 0 spiro atoms. The van der Waals surface area contributed by atoms with Gasteiger partial charge in [0.15, 0.2) is 0 Å². The highest BCUT2D eigenvalue weighted by atomic mass is 16.6. The second-order valence-electron chi connectivity index (χ2n) is 4.46. The van der Waals surface area contributed by atoms with Crippen molar-refractivity contribution < 1.29 is 19.6 Å². The quantitative estimate of drug-likeness (QED) is 0.510. The Morgan fingerprint density at radius 3 is 2.75 bits per heavy atom. The lowest BCUT2D eigenvalue weighted by atomic mass is 10.00. The molecule has 1 amide bonds. The van der Waals surface area contributed by atoms with E-state index in [1.165, 1.54) is 23.1 Å². The molecule has 104 valence electrons. The van der Waals surface area contributed by atoms with Crippen molar-refractivity contribution in [3.05, 3.63) is 46.0 Å². The molecular formula is C13H12N2O5. The van der Waals surface area contributed by atoms with Crippen molar-refractivity contribution in [2.45, 2.75) is 12.8 Å². The van der Waals surface area contributed by atoms with Gasteiger partial charge >= 0.3 is 5.97 Å². The lowest BCUT2D eigenvalue weighted by molar-refractivity contribution is -0.384. The Morgan fingerprint density at radius 1 is 1.45 bits per heavy atom. The van der Waals surface area contributed by atoms with Crippen molar-refractivity contribution in [3.8, 4) is 0 Å². The minimum absolute atomic E-state index is 0.0462. The van der Waals surface area contributed by atoms with E-state index in [2.05, 4.69) is 6.58 Å². The zero-order valence-corrected chi connectivity index (χ0v) is 10.5. The van der Waals surface area contributed by atoms with Crippen molar-refractivity contribution in [1.82, 2.24) is 0 Å². The second-order valence-corrected chi connectivity index (χ2v) is 4.46. The first-order chi connectivity index (χ1) is 9.40. The molecule has 0 unspecified atom stereocenters. The first-order valence-electron chi connectivity index (χ1n) is 5.89. The summed E-state index contributed by atoms with van der Waals surface area (Å²) in [6, 6.07) is 4.19. The molecule has 0 atom stereocenters. The molecule has 1 aromatic rings. The van der Waals surface area contributed by atoms with E-state index >= 15 is 0 Å². The number of hydrogen-bond donors (Lipinski definition) is 1. The van der Waals surface area contributed by atoms with Gasteiger partial charge in [-0.1, -0.05) is 6.58 Å². The van der Waals surface area contributed by atoms with Crippen LogP contribution in [0.1, 0.15) is 12.0 Å². The van der Waals surface area contributed by atoms with Gasteiger partial charge in [-0.05, 0) is 18.1 Å². The van der Waals surface area contributed by atoms with E-state index in [0.29, 0.717) is 17.7 Å². The second kappa shape index (κ2) is 5.12. The van der Waals surface area contributed by atoms with Crippen LogP contribution in [-0.2, 0) is 16.0 Å². The van der Waals surface area contributed by atoms with E-state index < -0.39 is 10.9 Å². The summed E-state index contributed by atoms with van der Waals surface area (Å²) in [5.74, 6) is -1.39. The van der Waals surface area contributed by atoms with Gasteiger partial charge in [0, 0.05) is 29.8 Å². The number of nitro groups is 1. The third-order valence-corrected chi connectivity index (χ3v) is 3.13. The molecule has 0 saturated heterocycles. The highest BCUT2D eigenvalue weighted by molar-refractivity contribution is 5.99. The number of non-ortho nitro benzene ring substituents is 1. The normalized spacial score (nSPS) is 13.8. The number of aliphatic carboxylic acids is 1. The number of carbonyl (C=O) groups excluding carboxylic acids is 1. The number of fused-ring (bicyclic) bond motifs is 1. The van der Waals surface area contributed by atoms with Gasteiger partial charge in [0.25, 0.3) is 5.69 Å². The van der Waals surface area contributed by atoms with Crippen molar-refractivity contribution in [2.24, 2.45) is 0 Å². The number of nitro benzene ring substituents is 1. The molecule has 0 radical (unpaired) electrons. The molecule has 1 N–H and O–H groups in total. The van der Waals surface area contributed by atoms with E-state index in [-0.39, 0.29) is 30.1 Å². The van der Waals surface area contributed by atoms with Crippen LogP contribution >= 0.6 is 0 Å². The molecule has 1 aromatic carbocycles. The number of amides is 1. The number of hydrogen-bond acceptors (Lipinski definition) is 4. The molecule has 0 fully saturated rings. The number of carboxylic acid groups (broad SMARTS) is 1. The van der Waals surface area contributed by atoms with Crippen LogP contribution < -0.4 is 4.90 Å². The minimum atomic E-state index is -1.17. The van der Waals surface area contributed by atoms with Crippen molar-refractivity contribution in [2.75, 3.05) is 11.4 Å². The number of carboxylic acids is 1. The minimum Gasteiger partial charge on any atom is -0.478 e. The van der Waals surface area contributed by atoms with Crippen molar-refractivity contribution >= 4 is 23.3 Å². The van der Waals surface area contributed by atoms with E-state index in [4.69, 9.17) is 5.11 Å². The average molecular weight is 276 g/mol. The molecule has 0 saturated carbocycles. The Bertz CT molecular complexity index is 623. The SMILES string of the molecule is C=C(CN1C(=O)CCc2cc([N+](=O)[O-])ccc21)C(=O)O. The zero-order valence-electron chi connectivity index (χ0n) is 10.5. The van der Waals surface area contributed by atoms with Gasteiger partial charge in [-0.2, -0.15) is 0 Å². The zero-order chi connectivity index (χ0) is 14.9. The summed E-state index contributed by atoms with van der Waals surface area (Å²) in [6.07, 6.45) is 0.604. The number of aryl methyl sites for hydroxylation is 1. The molecule has 0 bridgehead atoms. The first-order valence-corrected chi connectivity index (χ1v) is 5.89. The maximum absolute atomic E-state index is 11.9. The van der Waals surface area contributed by atoms with Crippen LogP contribution in [0.25, 0.3) is 0 Å². The lowest BCUT2D eigenvalue weighted by Crippen LogP contribution is -2.37. The number of rotatable bonds is 4. The summed E-state index contributed by atoms with van der Waals surface area (Å²) in [5, 5.41) is 19.6. The monoisotopic (exact) mass is 276 g/mol. The molecule has 7 heteroatoms. The molecular weight excluding hydrogens is 264 g/mol. The molecule has 20 heavy (non-hydrogen) atoms. The summed E-state index contributed by atoms with van der Waals surface area (Å²) >= 11 is 0. The van der Waals surface area contributed by atoms with E-state index in [0.717, 1.165) is 0 Å². The summed E-state index contributed by atoms with van der Waals surface area (Å²) in [4.78, 5) is 34.2. The molecule has 1 aliphatic rings. The van der Waals surface area contributed by atoms with Gasteiger partial charge in [-0.25, -0.2) is 4.79 Å². The average Bonchev–Trinajstić information content (AvgIpc) is 2.41. The number of nitrogens with zero attached hydrogens (tertiary/aromatic N) is 2. The van der Waals surface area contributed by atoms with Crippen LogP contribution in [0.4, 0.5) is 11.4 Å². The topological polar surface area (TPSA) is 101 Å². The van der Waals surface area contributed by atoms with E-state index in [1.54, 1.807) is 0 Å². The predicted molar refractivity (Wildman–Crippen MR) is 70.5 cm³/mol. The van der Waals surface area contributed by atoms with Crippen LogP contribution in [0.2, 0.25) is 0 Å².